The Hall–Kier alpha value is -1.86. The number of rotatable bonds is 7. The van der Waals surface area contributed by atoms with Crippen LogP contribution >= 0.6 is 0 Å². The zero-order chi connectivity index (χ0) is 14.3. The highest BCUT2D eigenvalue weighted by Gasteiger charge is 2.20. The van der Waals surface area contributed by atoms with E-state index in [1.807, 2.05) is 6.08 Å². The molecule has 0 spiro atoms. The highest BCUT2D eigenvalue weighted by Crippen LogP contribution is 2.14. The summed E-state index contributed by atoms with van der Waals surface area (Å²) < 4.78 is 1.00. The van der Waals surface area contributed by atoms with E-state index in [4.69, 9.17) is 0 Å². The first-order valence-electron chi connectivity index (χ1n) is 7.24. The lowest BCUT2D eigenvalue weighted by Crippen LogP contribution is -2.44. The Kier molecular flexibility index (Phi) is 5.14. The van der Waals surface area contributed by atoms with E-state index >= 15 is 0 Å². The van der Waals surface area contributed by atoms with E-state index < -0.39 is 0 Å². The zero-order valence-corrected chi connectivity index (χ0v) is 12.3. The summed E-state index contributed by atoms with van der Waals surface area (Å²) in [7, 11) is 2.32. The second-order valence-electron chi connectivity index (χ2n) is 5.69. The SMILES string of the molecule is C=CC[N+](C)(CCc1ccccc1)Cc1ccccc1. The van der Waals surface area contributed by atoms with Crippen LogP contribution in [0.2, 0.25) is 0 Å². The lowest BCUT2D eigenvalue weighted by Gasteiger charge is -2.34. The molecule has 0 aliphatic heterocycles. The third kappa shape index (κ3) is 4.36. The number of hydrogen-bond donors (Lipinski definition) is 0. The molecule has 0 amide bonds. The van der Waals surface area contributed by atoms with E-state index in [-0.39, 0.29) is 0 Å². The molecular weight excluding hydrogens is 242 g/mol. The van der Waals surface area contributed by atoms with Crippen LogP contribution in [0, 0.1) is 0 Å². The number of benzene rings is 2. The topological polar surface area (TPSA) is 0 Å². The van der Waals surface area contributed by atoms with Gasteiger partial charge < -0.3 is 4.48 Å². The number of likely N-dealkylation sites (N-methyl/N-ethyl adjacent to an activating group) is 1. The highest BCUT2D eigenvalue weighted by molar-refractivity contribution is 5.15. The van der Waals surface area contributed by atoms with E-state index in [0.29, 0.717) is 0 Å². The molecule has 0 aromatic heterocycles. The number of quaternary nitrogens is 1. The van der Waals surface area contributed by atoms with E-state index in [1.54, 1.807) is 0 Å². The first kappa shape index (κ1) is 14.5. The van der Waals surface area contributed by atoms with Gasteiger partial charge in [0.25, 0.3) is 0 Å². The summed E-state index contributed by atoms with van der Waals surface area (Å²) in [4.78, 5) is 0. The molecule has 0 radical (unpaired) electrons. The molecule has 2 aromatic rings. The maximum Gasteiger partial charge on any atom is 0.104 e. The van der Waals surface area contributed by atoms with Gasteiger partial charge in [0.15, 0.2) is 0 Å². The van der Waals surface area contributed by atoms with Gasteiger partial charge in [0.05, 0.1) is 20.1 Å². The Morgan fingerprint density at radius 1 is 0.900 bits per heavy atom. The van der Waals surface area contributed by atoms with Gasteiger partial charge >= 0.3 is 0 Å². The molecule has 0 N–H and O–H groups in total. The van der Waals surface area contributed by atoms with Crippen molar-refractivity contribution in [1.82, 2.24) is 0 Å². The van der Waals surface area contributed by atoms with Gasteiger partial charge in [-0.25, -0.2) is 0 Å². The van der Waals surface area contributed by atoms with Crippen molar-refractivity contribution in [2.75, 3.05) is 20.1 Å². The van der Waals surface area contributed by atoms with Crippen molar-refractivity contribution in [3.05, 3.63) is 84.4 Å². The molecule has 1 heteroatoms. The molecule has 2 aromatic carbocycles. The molecular formula is C19H24N+. The Morgan fingerprint density at radius 2 is 1.45 bits per heavy atom. The second-order valence-corrected chi connectivity index (χ2v) is 5.69. The van der Waals surface area contributed by atoms with Crippen LogP contribution in [-0.4, -0.2) is 24.6 Å². The minimum absolute atomic E-state index is 1.00. The van der Waals surface area contributed by atoms with Crippen molar-refractivity contribution in [2.24, 2.45) is 0 Å². The third-order valence-electron chi connectivity index (χ3n) is 3.76. The minimum Gasteiger partial charge on any atom is -0.319 e. The molecule has 0 aliphatic rings. The second kappa shape index (κ2) is 7.06. The maximum absolute atomic E-state index is 3.93. The van der Waals surface area contributed by atoms with Crippen molar-refractivity contribution >= 4 is 0 Å². The van der Waals surface area contributed by atoms with E-state index in [2.05, 4.69) is 74.3 Å². The monoisotopic (exact) mass is 266 g/mol. The normalized spacial score (nSPS) is 13.7. The summed E-state index contributed by atoms with van der Waals surface area (Å²) in [6, 6.07) is 21.5. The quantitative estimate of drug-likeness (QED) is 0.523. The molecule has 1 nitrogen and oxygen atoms in total. The van der Waals surface area contributed by atoms with Crippen LogP contribution < -0.4 is 0 Å². The summed E-state index contributed by atoms with van der Waals surface area (Å²) in [5, 5.41) is 0. The summed E-state index contributed by atoms with van der Waals surface area (Å²) in [6.45, 7) is 7.11. The molecule has 0 saturated heterocycles. The Morgan fingerprint density at radius 3 is 2.00 bits per heavy atom. The van der Waals surface area contributed by atoms with Gasteiger partial charge in [-0.1, -0.05) is 67.2 Å². The van der Waals surface area contributed by atoms with Gasteiger partial charge in [-0.05, 0) is 11.6 Å². The maximum atomic E-state index is 3.93. The molecule has 0 saturated carbocycles. The van der Waals surface area contributed by atoms with Crippen LogP contribution in [0.25, 0.3) is 0 Å². The lowest BCUT2D eigenvalue weighted by atomic mass is 10.1. The van der Waals surface area contributed by atoms with Gasteiger partial charge in [-0.3, -0.25) is 0 Å². The summed E-state index contributed by atoms with van der Waals surface area (Å²) in [6.07, 6.45) is 3.14. The fourth-order valence-corrected chi connectivity index (χ4v) is 2.61. The molecule has 1 atom stereocenters. The van der Waals surface area contributed by atoms with Gasteiger partial charge in [0.1, 0.15) is 6.54 Å². The van der Waals surface area contributed by atoms with E-state index in [9.17, 15) is 0 Å². The van der Waals surface area contributed by atoms with Crippen molar-refractivity contribution in [1.29, 1.82) is 0 Å². The van der Waals surface area contributed by atoms with Crippen LogP contribution in [0.4, 0.5) is 0 Å². The zero-order valence-electron chi connectivity index (χ0n) is 12.3. The third-order valence-corrected chi connectivity index (χ3v) is 3.76. The Labute approximate surface area is 122 Å². The van der Waals surface area contributed by atoms with Crippen molar-refractivity contribution in [2.45, 2.75) is 13.0 Å². The van der Waals surface area contributed by atoms with Crippen LogP contribution in [0.1, 0.15) is 11.1 Å². The Bertz CT molecular complexity index is 518. The molecule has 1 unspecified atom stereocenters. The molecule has 0 aliphatic carbocycles. The smallest absolute Gasteiger partial charge is 0.104 e. The van der Waals surface area contributed by atoms with Crippen molar-refractivity contribution in [3.63, 3.8) is 0 Å². The number of nitrogens with zero attached hydrogens (tertiary/aromatic N) is 1. The fraction of sp³-hybridized carbons (Fsp3) is 0.263. The van der Waals surface area contributed by atoms with E-state index in [1.165, 1.54) is 11.1 Å². The molecule has 20 heavy (non-hydrogen) atoms. The molecule has 104 valence electrons. The van der Waals surface area contributed by atoms with Crippen molar-refractivity contribution in [3.8, 4) is 0 Å². The van der Waals surface area contributed by atoms with Gasteiger partial charge in [-0.2, -0.15) is 0 Å². The van der Waals surface area contributed by atoms with Crippen molar-refractivity contribution < 1.29 is 4.48 Å². The summed E-state index contributed by atoms with van der Waals surface area (Å²) in [5.41, 5.74) is 2.80. The predicted molar refractivity (Wildman–Crippen MR) is 86.4 cm³/mol. The van der Waals surface area contributed by atoms with Gasteiger partial charge in [0, 0.05) is 12.0 Å². The molecule has 0 heterocycles. The van der Waals surface area contributed by atoms with Crippen LogP contribution in [0.5, 0.6) is 0 Å². The largest absolute Gasteiger partial charge is 0.319 e. The summed E-state index contributed by atoms with van der Waals surface area (Å²) in [5.74, 6) is 0. The average molecular weight is 266 g/mol. The predicted octanol–water partition coefficient (Wildman–Crippen LogP) is 4.06. The molecule has 0 bridgehead atoms. The summed E-state index contributed by atoms with van der Waals surface area (Å²) >= 11 is 0. The van der Waals surface area contributed by atoms with Crippen LogP contribution in [-0.2, 0) is 13.0 Å². The highest BCUT2D eigenvalue weighted by atomic mass is 15.3. The number of hydrogen-bond acceptors (Lipinski definition) is 0. The fourth-order valence-electron chi connectivity index (χ4n) is 2.61. The molecule has 2 rings (SSSR count). The van der Waals surface area contributed by atoms with Crippen LogP contribution in [0.3, 0.4) is 0 Å². The van der Waals surface area contributed by atoms with Gasteiger partial charge in [0.2, 0.25) is 0 Å². The van der Waals surface area contributed by atoms with Gasteiger partial charge in [-0.15, -0.1) is 0 Å². The first-order valence-corrected chi connectivity index (χ1v) is 7.24. The van der Waals surface area contributed by atoms with Crippen LogP contribution in [0.15, 0.2) is 73.3 Å². The Balaban J connectivity index is 2.03. The standard InChI is InChI=1S/C19H24N/c1-3-15-20(2,17-19-12-8-5-9-13-19)16-14-18-10-6-4-7-11-18/h3-13H,1,14-17H2,2H3/q+1. The first-order chi connectivity index (χ1) is 9.72. The minimum atomic E-state index is 1.00. The average Bonchev–Trinajstić information content (AvgIpc) is 2.48. The van der Waals surface area contributed by atoms with E-state index in [0.717, 1.165) is 30.5 Å². The lowest BCUT2D eigenvalue weighted by molar-refractivity contribution is -0.916. The molecule has 0 fully saturated rings.